The minimum atomic E-state index is -4.54. The number of carbonyl (C=O) groups is 1. The van der Waals surface area contributed by atoms with Crippen molar-refractivity contribution in [1.29, 1.82) is 0 Å². The van der Waals surface area contributed by atoms with Gasteiger partial charge in [-0.15, -0.1) is 5.56 Å². The van der Waals surface area contributed by atoms with Crippen molar-refractivity contribution in [3.63, 3.8) is 0 Å². The Balaban J connectivity index is 0.00000157. The first-order valence-electron chi connectivity index (χ1n) is 10.8. The molecule has 193 valence electrons. The summed E-state index contributed by atoms with van der Waals surface area (Å²) in [5.41, 5.74) is 1.11. The van der Waals surface area contributed by atoms with Crippen LogP contribution in [0.3, 0.4) is 0 Å². The van der Waals surface area contributed by atoms with Crippen molar-refractivity contribution in [1.82, 2.24) is 4.98 Å². The second kappa shape index (κ2) is 13.7. The molecule has 0 aliphatic rings. The third-order valence-corrected chi connectivity index (χ3v) is 4.84. The molecule has 0 bridgehead atoms. The summed E-state index contributed by atoms with van der Waals surface area (Å²) in [6, 6.07) is 21.6. The summed E-state index contributed by atoms with van der Waals surface area (Å²) in [7, 11) is 0. The molecule has 9 heteroatoms. The molecule has 1 N–H and O–H groups in total. The molecule has 0 aliphatic heterocycles. The summed E-state index contributed by atoms with van der Waals surface area (Å²) in [4.78, 5) is 16.0. The zero-order chi connectivity index (χ0) is 26.1. The molecule has 4 nitrogen and oxygen atoms in total. The third kappa shape index (κ3) is 8.51. The number of rotatable bonds is 6. The van der Waals surface area contributed by atoms with Crippen LogP contribution in [-0.4, -0.2) is 10.9 Å². The van der Waals surface area contributed by atoms with E-state index in [1.165, 1.54) is 30.5 Å². The Bertz CT molecular complexity index is 1320. The van der Waals surface area contributed by atoms with Gasteiger partial charge in [-0.1, -0.05) is 6.07 Å². The van der Waals surface area contributed by atoms with E-state index in [1.54, 1.807) is 49.4 Å². The van der Waals surface area contributed by atoms with Gasteiger partial charge in [0.1, 0.15) is 11.5 Å². The van der Waals surface area contributed by atoms with Crippen LogP contribution in [0.4, 0.5) is 23.2 Å². The number of carbonyl (C=O) groups excluding carboxylic acids is 1. The number of pyridine rings is 1. The fraction of sp³-hybridized carbons (Fsp3) is 0.107. The van der Waals surface area contributed by atoms with E-state index in [-0.39, 0.29) is 43.6 Å². The average Bonchev–Trinajstić information content (AvgIpc) is 2.86. The number of aromatic nitrogens is 1. The predicted octanol–water partition coefficient (Wildman–Crippen LogP) is 7.52. The molecule has 1 radical (unpaired) electrons. The monoisotopic (exact) mass is 686 g/mol. The fourth-order valence-electron chi connectivity index (χ4n) is 3.29. The average molecular weight is 685 g/mol. The van der Waals surface area contributed by atoms with Gasteiger partial charge in [0.05, 0.1) is 5.56 Å². The SMILES string of the molecule is O=C(Cc1cc[c-]cc1)Nc1ccc(-c2ccnc(F)c2)c(Oc2cccc(C(F)(F)F)c2)c1.[CH2-]C.[Os+]. The van der Waals surface area contributed by atoms with E-state index in [1.807, 2.05) is 0 Å². The molecule has 37 heavy (non-hydrogen) atoms. The molecule has 0 saturated carbocycles. The van der Waals surface area contributed by atoms with Crippen LogP contribution < -0.4 is 10.1 Å². The second-order valence-electron chi connectivity index (χ2n) is 7.34. The maximum absolute atomic E-state index is 13.7. The van der Waals surface area contributed by atoms with Crippen molar-refractivity contribution in [3.05, 3.63) is 115 Å². The minimum absolute atomic E-state index is 0. The summed E-state index contributed by atoms with van der Waals surface area (Å²) < 4.78 is 58.9. The zero-order valence-corrected chi connectivity index (χ0v) is 22.2. The molecule has 4 rings (SSSR count). The molecule has 1 amide bonds. The number of ether oxygens (including phenoxy) is 1. The van der Waals surface area contributed by atoms with Gasteiger partial charge in [0, 0.05) is 36.0 Å². The maximum atomic E-state index is 13.7. The first kappa shape index (κ1) is 29.7. The van der Waals surface area contributed by atoms with Crippen molar-refractivity contribution < 1.29 is 46.9 Å². The van der Waals surface area contributed by atoms with E-state index >= 15 is 0 Å². The van der Waals surface area contributed by atoms with Gasteiger partial charge < -0.3 is 17.0 Å². The normalized spacial score (nSPS) is 10.4. The van der Waals surface area contributed by atoms with Gasteiger partial charge in [0.2, 0.25) is 11.9 Å². The number of halogens is 4. The third-order valence-electron chi connectivity index (χ3n) is 4.84. The number of anilines is 1. The van der Waals surface area contributed by atoms with Crippen LogP contribution >= 0.6 is 0 Å². The zero-order valence-electron chi connectivity index (χ0n) is 19.6. The van der Waals surface area contributed by atoms with Crippen molar-refractivity contribution in [3.8, 4) is 22.6 Å². The molecule has 0 fully saturated rings. The van der Waals surface area contributed by atoms with Crippen LogP contribution in [0.5, 0.6) is 11.5 Å². The number of benzene rings is 3. The molecule has 1 heterocycles. The Labute approximate surface area is 225 Å². The Hall–Kier alpha value is -3.56. The smallest absolute Gasteiger partial charge is 0.457 e. The molecule has 0 aliphatic carbocycles. The number of hydrogen-bond acceptors (Lipinski definition) is 3. The predicted molar refractivity (Wildman–Crippen MR) is 130 cm³/mol. The topological polar surface area (TPSA) is 51.2 Å². The van der Waals surface area contributed by atoms with Crippen LogP contribution in [0, 0.1) is 18.9 Å². The largest absolute Gasteiger partial charge is 1.00 e. The van der Waals surface area contributed by atoms with E-state index in [0.29, 0.717) is 16.8 Å². The van der Waals surface area contributed by atoms with Crippen LogP contribution in [0.25, 0.3) is 11.1 Å². The molecule has 0 spiro atoms. The van der Waals surface area contributed by atoms with Crippen LogP contribution in [0.15, 0.2) is 85.1 Å². The summed E-state index contributed by atoms with van der Waals surface area (Å²) >= 11 is 0. The molecular formula is C28H22F4N2O2Os-. The number of alkyl halides is 3. The molecular weight excluding hydrogens is 663 g/mol. The van der Waals surface area contributed by atoms with Gasteiger partial charge in [-0.25, -0.2) is 4.98 Å². The van der Waals surface area contributed by atoms with Gasteiger partial charge in [-0.05, 0) is 42.0 Å². The Kier molecular flexibility index (Phi) is 11.0. The van der Waals surface area contributed by atoms with Gasteiger partial charge >= 0.3 is 26.0 Å². The second-order valence-corrected chi connectivity index (χ2v) is 7.34. The van der Waals surface area contributed by atoms with E-state index in [4.69, 9.17) is 4.74 Å². The van der Waals surface area contributed by atoms with Crippen LogP contribution in [0.2, 0.25) is 0 Å². The van der Waals surface area contributed by atoms with Crippen molar-refractivity contribution in [2.24, 2.45) is 0 Å². The number of hydrogen-bond donors (Lipinski definition) is 1. The van der Waals surface area contributed by atoms with Crippen molar-refractivity contribution in [2.45, 2.75) is 19.5 Å². The Morgan fingerprint density at radius 2 is 1.76 bits per heavy atom. The maximum Gasteiger partial charge on any atom is 1.00 e. The van der Waals surface area contributed by atoms with Gasteiger partial charge in [-0.3, -0.25) is 4.79 Å². The summed E-state index contributed by atoms with van der Waals surface area (Å²) in [6.07, 6.45) is -3.15. The molecule has 3 aromatic carbocycles. The Morgan fingerprint density at radius 3 is 2.43 bits per heavy atom. The van der Waals surface area contributed by atoms with Crippen molar-refractivity contribution in [2.75, 3.05) is 5.32 Å². The van der Waals surface area contributed by atoms with Gasteiger partial charge in [0.25, 0.3) is 0 Å². The molecule has 4 aromatic rings. The number of amides is 1. The van der Waals surface area contributed by atoms with E-state index in [9.17, 15) is 22.4 Å². The van der Waals surface area contributed by atoms with Gasteiger partial charge in [0.15, 0.2) is 0 Å². The molecule has 0 atom stereocenters. The summed E-state index contributed by atoms with van der Waals surface area (Å²) in [5.74, 6) is -0.939. The quantitative estimate of drug-likeness (QED) is 0.130. The van der Waals surface area contributed by atoms with Gasteiger partial charge in [-0.2, -0.15) is 54.8 Å². The molecule has 0 unspecified atom stereocenters. The number of nitrogens with zero attached hydrogens (tertiary/aromatic N) is 1. The van der Waals surface area contributed by atoms with Crippen LogP contribution in [0.1, 0.15) is 18.1 Å². The van der Waals surface area contributed by atoms with E-state index in [2.05, 4.69) is 23.3 Å². The van der Waals surface area contributed by atoms with E-state index in [0.717, 1.165) is 17.7 Å². The molecule has 0 saturated heterocycles. The Morgan fingerprint density at radius 1 is 1.03 bits per heavy atom. The number of nitrogens with one attached hydrogen (secondary N) is 1. The standard InChI is InChI=1S/C26H17F4N2O2.C2H5.Os/c27-24-14-18(11-12-31-24)22-10-9-20(32-25(33)13-17-5-2-1-3-6-17)16-23(22)34-21-8-4-7-19(15-21)26(28,29)30;1-2;/h2-12,14-16H,13H2,(H,32,33);1H2,2H3;/q2*-1;+1. The van der Waals surface area contributed by atoms with Crippen LogP contribution in [-0.2, 0) is 37.2 Å². The first-order chi connectivity index (χ1) is 17.3. The van der Waals surface area contributed by atoms with E-state index < -0.39 is 17.7 Å². The molecule has 1 aromatic heterocycles. The van der Waals surface area contributed by atoms with Crippen molar-refractivity contribution >= 4 is 11.6 Å². The minimum Gasteiger partial charge on any atom is -0.457 e. The summed E-state index contributed by atoms with van der Waals surface area (Å²) in [5, 5.41) is 2.75. The summed E-state index contributed by atoms with van der Waals surface area (Å²) in [6.45, 7) is 5.00. The fourth-order valence-corrected chi connectivity index (χ4v) is 3.29. The first-order valence-corrected chi connectivity index (χ1v) is 10.8.